The van der Waals surface area contributed by atoms with Crippen LogP contribution in [0.1, 0.15) is 37.1 Å². The normalized spacial score (nSPS) is 17.0. The van der Waals surface area contributed by atoms with Gasteiger partial charge >= 0.3 is 0 Å². The molecule has 1 fully saturated rings. The number of nitrogens with zero attached hydrogens (tertiary/aromatic N) is 1. The van der Waals surface area contributed by atoms with E-state index in [9.17, 15) is 4.79 Å². The maximum Gasteiger partial charge on any atom is 0.253 e. The van der Waals surface area contributed by atoms with Crippen LogP contribution in [0, 0.1) is 5.92 Å². The summed E-state index contributed by atoms with van der Waals surface area (Å²) in [5, 5.41) is 11.8. The van der Waals surface area contributed by atoms with Gasteiger partial charge in [-0.3, -0.25) is 4.79 Å². The molecule has 2 unspecified atom stereocenters. The summed E-state index contributed by atoms with van der Waals surface area (Å²) in [6.07, 6.45) is 2.47. The van der Waals surface area contributed by atoms with E-state index in [1.54, 1.807) is 11.3 Å². The van der Waals surface area contributed by atoms with Crippen LogP contribution in [-0.2, 0) is 22.5 Å². The molecule has 1 amide bonds. The molecule has 2 heterocycles. The molecule has 0 saturated carbocycles. The lowest BCUT2D eigenvalue weighted by Crippen LogP contribution is -2.39. The Bertz CT molecular complexity index is 823. The van der Waals surface area contributed by atoms with Crippen molar-refractivity contribution in [2.45, 2.75) is 45.8 Å². The van der Waals surface area contributed by atoms with Crippen molar-refractivity contribution >= 4 is 52.9 Å². The highest BCUT2D eigenvalue weighted by Crippen LogP contribution is 2.17. The Morgan fingerprint density at radius 2 is 2.16 bits per heavy atom. The van der Waals surface area contributed by atoms with Crippen molar-refractivity contribution in [1.82, 2.24) is 10.6 Å². The highest BCUT2D eigenvalue weighted by molar-refractivity contribution is 14.0. The maximum atomic E-state index is 12.3. The molecule has 8 heteroatoms. The number of ether oxygens (including phenoxy) is 1. The van der Waals surface area contributed by atoms with Crippen molar-refractivity contribution in [3.05, 3.63) is 52.2 Å². The molecule has 0 spiro atoms. The number of rotatable bonds is 9. The molecule has 3 N–H and O–H groups in total. The van der Waals surface area contributed by atoms with E-state index in [0.717, 1.165) is 49.6 Å². The van der Waals surface area contributed by atoms with E-state index < -0.39 is 0 Å². The second kappa shape index (κ2) is 13.7. The lowest BCUT2D eigenvalue weighted by molar-refractivity contribution is -0.124. The molecule has 0 bridgehead atoms. The van der Waals surface area contributed by atoms with Gasteiger partial charge in [0.25, 0.3) is 5.91 Å². The number of guanidine groups is 1. The number of carbonyl (C=O) groups excluding carboxylic acids is 1. The predicted octanol–water partition coefficient (Wildman–Crippen LogP) is 4.42. The highest BCUT2D eigenvalue weighted by Gasteiger charge is 2.23. The molecule has 1 aliphatic rings. The van der Waals surface area contributed by atoms with E-state index in [-0.39, 0.29) is 36.0 Å². The Morgan fingerprint density at radius 3 is 2.87 bits per heavy atom. The third-order valence-electron chi connectivity index (χ3n) is 4.93. The molecular formula is C23H33IN4O2S. The largest absolute Gasteiger partial charge is 0.368 e. The van der Waals surface area contributed by atoms with Crippen LogP contribution in [0.15, 0.2) is 46.8 Å². The summed E-state index contributed by atoms with van der Waals surface area (Å²) < 4.78 is 5.45. The van der Waals surface area contributed by atoms with Crippen molar-refractivity contribution in [3.8, 4) is 0 Å². The van der Waals surface area contributed by atoms with E-state index in [1.165, 1.54) is 4.88 Å². The average Bonchev–Trinajstić information content (AvgIpc) is 3.44. The van der Waals surface area contributed by atoms with Gasteiger partial charge in [0, 0.05) is 30.3 Å². The van der Waals surface area contributed by atoms with Crippen LogP contribution in [0.5, 0.6) is 0 Å². The summed E-state index contributed by atoms with van der Waals surface area (Å²) in [6.45, 7) is 7.19. The van der Waals surface area contributed by atoms with Crippen molar-refractivity contribution < 1.29 is 9.53 Å². The molecule has 2 aromatic rings. The zero-order valence-corrected chi connectivity index (χ0v) is 21.4. The van der Waals surface area contributed by atoms with E-state index in [0.29, 0.717) is 19.1 Å². The molecule has 31 heavy (non-hydrogen) atoms. The Labute approximate surface area is 206 Å². The van der Waals surface area contributed by atoms with Gasteiger partial charge in [-0.15, -0.1) is 35.3 Å². The minimum Gasteiger partial charge on any atom is -0.368 e. The molecule has 1 aromatic heterocycles. The lowest BCUT2D eigenvalue weighted by atomic mass is 10.1. The molecule has 2 atom stereocenters. The summed E-state index contributed by atoms with van der Waals surface area (Å²) in [6, 6.07) is 12.1. The molecule has 170 valence electrons. The van der Waals surface area contributed by atoms with Crippen molar-refractivity contribution in [2.75, 3.05) is 25.0 Å². The summed E-state index contributed by atoms with van der Waals surface area (Å²) in [5.74, 6) is 1.26. The summed E-state index contributed by atoms with van der Waals surface area (Å²) in [4.78, 5) is 18.4. The van der Waals surface area contributed by atoms with Gasteiger partial charge in [-0.25, -0.2) is 4.99 Å². The first-order valence-electron chi connectivity index (χ1n) is 10.7. The standard InChI is InChI=1S/C23H32N4O2S.HI/c1-3-24-23(25-15-17(2)13-20-9-6-12-30-20)26-16-18-7-4-8-19(14-18)27-22(28)21-10-5-11-29-21;/h4,6-9,12,14,17,21H,3,5,10-11,13,15-16H2,1-2H3,(H,27,28)(H2,24,25,26);1H. The van der Waals surface area contributed by atoms with Crippen LogP contribution in [0.3, 0.4) is 0 Å². The van der Waals surface area contributed by atoms with Gasteiger partial charge in [-0.1, -0.05) is 25.1 Å². The first-order chi connectivity index (χ1) is 14.6. The third-order valence-corrected chi connectivity index (χ3v) is 5.83. The van der Waals surface area contributed by atoms with Gasteiger partial charge in [0.2, 0.25) is 0 Å². The zero-order chi connectivity index (χ0) is 21.2. The molecular weight excluding hydrogens is 523 g/mol. The molecule has 3 rings (SSSR count). The molecule has 1 aliphatic heterocycles. The molecule has 1 aromatic carbocycles. The van der Waals surface area contributed by atoms with Gasteiger partial charge in [-0.05, 0) is 61.2 Å². The number of hydrogen-bond acceptors (Lipinski definition) is 4. The monoisotopic (exact) mass is 556 g/mol. The third kappa shape index (κ3) is 8.78. The van der Waals surface area contributed by atoms with Crippen LogP contribution in [0.4, 0.5) is 5.69 Å². The fourth-order valence-corrected chi connectivity index (χ4v) is 4.25. The van der Waals surface area contributed by atoms with Crippen LogP contribution in [-0.4, -0.2) is 37.7 Å². The molecule has 1 saturated heterocycles. The number of hydrogen-bond donors (Lipinski definition) is 3. The van der Waals surface area contributed by atoms with E-state index >= 15 is 0 Å². The second-order valence-corrected chi connectivity index (χ2v) is 8.69. The summed E-state index contributed by atoms with van der Waals surface area (Å²) in [5.41, 5.74) is 1.83. The number of amides is 1. The Morgan fingerprint density at radius 1 is 1.29 bits per heavy atom. The minimum atomic E-state index is -0.326. The van der Waals surface area contributed by atoms with Crippen LogP contribution < -0.4 is 16.0 Å². The number of thiophene rings is 1. The Kier molecular flexibility index (Phi) is 11.3. The van der Waals surface area contributed by atoms with Gasteiger partial charge in [-0.2, -0.15) is 0 Å². The van der Waals surface area contributed by atoms with Crippen LogP contribution >= 0.6 is 35.3 Å². The number of nitrogens with one attached hydrogen (secondary N) is 3. The lowest BCUT2D eigenvalue weighted by Gasteiger charge is -2.15. The molecule has 0 radical (unpaired) electrons. The van der Waals surface area contributed by atoms with Gasteiger partial charge in [0.05, 0.1) is 6.54 Å². The number of anilines is 1. The number of benzene rings is 1. The van der Waals surface area contributed by atoms with E-state index in [4.69, 9.17) is 9.73 Å². The number of carbonyl (C=O) groups is 1. The van der Waals surface area contributed by atoms with Crippen molar-refractivity contribution in [3.63, 3.8) is 0 Å². The van der Waals surface area contributed by atoms with Crippen molar-refractivity contribution in [2.24, 2.45) is 10.9 Å². The van der Waals surface area contributed by atoms with E-state index in [2.05, 4.69) is 47.3 Å². The van der Waals surface area contributed by atoms with Gasteiger partial charge < -0.3 is 20.7 Å². The topological polar surface area (TPSA) is 74.8 Å². The number of halogens is 1. The average molecular weight is 557 g/mol. The fraction of sp³-hybridized carbons (Fsp3) is 0.478. The maximum absolute atomic E-state index is 12.3. The summed E-state index contributed by atoms with van der Waals surface area (Å²) in [7, 11) is 0. The second-order valence-electron chi connectivity index (χ2n) is 7.66. The quantitative estimate of drug-likeness (QED) is 0.243. The first-order valence-corrected chi connectivity index (χ1v) is 11.6. The SMILES string of the molecule is CCNC(=NCc1cccc(NC(=O)C2CCCO2)c1)NCC(C)Cc1cccs1.I. The van der Waals surface area contributed by atoms with Crippen molar-refractivity contribution in [1.29, 1.82) is 0 Å². The smallest absolute Gasteiger partial charge is 0.253 e. The first kappa shape index (κ1) is 25.6. The Hall–Kier alpha value is -1.65. The zero-order valence-electron chi connectivity index (χ0n) is 18.2. The van der Waals surface area contributed by atoms with Crippen LogP contribution in [0.25, 0.3) is 0 Å². The highest BCUT2D eigenvalue weighted by atomic mass is 127. The van der Waals surface area contributed by atoms with Gasteiger partial charge in [0.1, 0.15) is 6.10 Å². The summed E-state index contributed by atoms with van der Waals surface area (Å²) >= 11 is 1.81. The fourth-order valence-electron chi connectivity index (χ4n) is 3.38. The van der Waals surface area contributed by atoms with Crippen LogP contribution in [0.2, 0.25) is 0 Å². The number of aliphatic imine (C=N–C) groups is 1. The molecule has 0 aliphatic carbocycles. The minimum absolute atomic E-state index is 0. The van der Waals surface area contributed by atoms with E-state index in [1.807, 2.05) is 24.3 Å². The molecule has 6 nitrogen and oxygen atoms in total. The predicted molar refractivity (Wildman–Crippen MR) is 139 cm³/mol. The Balaban J connectivity index is 0.00000341. The van der Waals surface area contributed by atoms with Gasteiger partial charge in [0.15, 0.2) is 5.96 Å².